The zero-order valence-electron chi connectivity index (χ0n) is 8.05. The third-order valence-electron chi connectivity index (χ3n) is 1.29. The molecule has 0 unspecified atom stereocenters. The molecule has 1 aromatic rings. The van der Waals surface area contributed by atoms with Gasteiger partial charge >= 0.3 is 0 Å². The summed E-state index contributed by atoms with van der Waals surface area (Å²) in [6.07, 6.45) is -1.70. The molecule has 0 aliphatic carbocycles. The maximum absolute atomic E-state index is 11.6. The van der Waals surface area contributed by atoms with Crippen molar-refractivity contribution >= 4 is 6.08 Å². The summed E-state index contributed by atoms with van der Waals surface area (Å²) in [7, 11) is 0. The van der Waals surface area contributed by atoms with Crippen molar-refractivity contribution < 1.29 is 17.6 Å². The second-order valence-corrected chi connectivity index (χ2v) is 2.42. The molecular formula is C11H10F4. The lowest BCUT2D eigenvalue weighted by Gasteiger charge is -1.87. The lowest BCUT2D eigenvalue weighted by Crippen LogP contribution is -1.67. The van der Waals surface area contributed by atoms with Gasteiger partial charge in [-0.1, -0.05) is 30.3 Å². The van der Waals surface area contributed by atoms with Gasteiger partial charge < -0.3 is 0 Å². The van der Waals surface area contributed by atoms with Crippen molar-refractivity contribution in [2.75, 3.05) is 0 Å². The zero-order chi connectivity index (χ0) is 11.7. The summed E-state index contributed by atoms with van der Waals surface area (Å²) in [6.45, 7) is 1.29. The number of allylic oxidation sites excluding steroid dienone is 1. The van der Waals surface area contributed by atoms with Crippen molar-refractivity contribution in [1.29, 1.82) is 0 Å². The SMILES string of the molecule is CC=C(F)F.FC(F)=Cc1ccccc1. The normalized spacial score (nSPS) is 8.33. The van der Waals surface area contributed by atoms with Gasteiger partial charge in [0.15, 0.2) is 0 Å². The van der Waals surface area contributed by atoms with Gasteiger partial charge in [-0.3, -0.25) is 0 Å². The molecule has 0 amide bonds. The van der Waals surface area contributed by atoms with Gasteiger partial charge in [-0.25, -0.2) is 0 Å². The Labute approximate surface area is 85.5 Å². The number of hydrogen-bond donors (Lipinski definition) is 0. The molecular weight excluding hydrogens is 208 g/mol. The van der Waals surface area contributed by atoms with Crippen molar-refractivity contribution in [3.63, 3.8) is 0 Å². The highest BCUT2D eigenvalue weighted by atomic mass is 19.3. The molecule has 0 aromatic heterocycles. The highest BCUT2D eigenvalue weighted by molar-refractivity contribution is 5.48. The fourth-order valence-corrected chi connectivity index (χ4v) is 0.675. The summed E-state index contributed by atoms with van der Waals surface area (Å²) in [5.41, 5.74) is 0.530. The van der Waals surface area contributed by atoms with Crippen LogP contribution in [0.1, 0.15) is 12.5 Å². The first-order valence-electron chi connectivity index (χ1n) is 4.11. The molecule has 0 fully saturated rings. The molecule has 0 nitrogen and oxygen atoms in total. The summed E-state index contributed by atoms with van der Waals surface area (Å²) in [4.78, 5) is 0. The number of rotatable bonds is 1. The van der Waals surface area contributed by atoms with Gasteiger partial charge in [-0.2, -0.15) is 17.6 Å². The Morgan fingerprint density at radius 1 is 0.933 bits per heavy atom. The van der Waals surface area contributed by atoms with E-state index in [0.29, 0.717) is 5.56 Å². The second-order valence-electron chi connectivity index (χ2n) is 2.42. The monoisotopic (exact) mass is 218 g/mol. The van der Waals surface area contributed by atoms with E-state index in [-0.39, 0.29) is 0 Å². The Morgan fingerprint density at radius 2 is 1.40 bits per heavy atom. The van der Waals surface area contributed by atoms with Crippen LogP contribution in [0.4, 0.5) is 17.6 Å². The van der Waals surface area contributed by atoms with E-state index in [1.807, 2.05) is 0 Å². The predicted molar refractivity (Wildman–Crippen MR) is 52.6 cm³/mol. The standard InChI is InChI=1S/C8H6F2.C3H4F2/c9-8(10)6-7-4-2-1-3-5-7;1-2-3(4)5/h1-6H;2H,1H3. The molecule has 4 heteroatoms. The minimum absolute atomic E-state index is 0.530. The Morgan fingerprint density at radius 3 is 1.73 bits per heavy atom. The summed E-state index contributed by atoms with van der Waals surface area (Å²) < 4.78 is 44.4. The summed E-state index contributed by atoms with van der Waals surface area (Å²) in [5, 5.41) is 0. The summed E-state index contributed by atoms with van der Waals surface area (Å²) in [6, 6.07) is 8.47. The van der Waals surface area contributed by atoms with Crippen molar-refractivity contribution in [2.45, 2.75) is 6.92 Å². The minimum Gasteiger partial charge on any atom is -0.174 e. The van der Waals surface area contributed by atoms with Crippen LogP contribution in [0, 0.1) is 0 Å². The highest BCUT2D eigenvalue weighted by Gasteiger charge is 1.88. The van der Waals surface area contributed by atoms with E-state index in [9.17, 15) is 17.6 Å². The summed E-state index contributed by atoms with van der Waals surface area (Å²) >= 11 is 0. The van der Waals surface area contributed by atoms with E-state index < -0.39 is 12.2 Å². The Hall–Kier alpha value is -1.58. The van der Waals surface area contributed by atoms with Crippen LogP contribution in [0.15, 0.2) is 48.6 Å². The molecule has 15 heavy (non-hydrogen) atoms. The molecule has 0 spiro atoms. The lowest BCUT2D eigenvalue weighted by atomic mass is 10.2. The van der Waals surface area contributed by atoms with Crippen LogP contribution < -0.4 is 0 Å². The van der Waals surface area contributed by atoms with Crippen molar-refractivity contribution in [2.24, 2.45) is 0 Å². The molecule has 1 aromatic carbocycles. The molecule has 0 aliphatic rings. The van der Waals surface area contributed by atoms with E-state index in [1.54, 1.807) is 30.3 Å². The van der Waals surface area contributed by atoms with E-state index in [2.05, 4.69) is 0 Å². The van der Waals surface area contributed by atoms with Crippen molar-refractivity contribution in [3.8, 4) is 0 Å². The van der Waals surface area contributed by atoms with E-state index >= 15 is 0 Å². The van der Waals surface area contributed by atoms with Crippen molar-refractivity contribution in [3.05, 3.63) is 54.1 Å². The van der Waals surface area contributed by atoms with Gasteiger partial charge in [-0.15, -0.1) is 0 Å². The number of hydrogen-bond acceptors (Lipinski definition) is 0. The zero-order valence-corrected chi connectivity index (χ0v) is 8.05. The first kappa shape index (κ1) is 13.4. The smallest absolute Gasteiger partial charge is 0.174 e. The number of benzene rings is 1. The first-order chi connectivity index (χ1) is 7.06. The molecule has 0 saturated heterocycles. The fourth-order valence-electron chi connectivity index (χ4n) is 0.675. The number of halogens is 4. The average molecular weight is 218 g/mol. The maximum Gasteiger partial charge on any atom is 0.270 e. The van der Waals surface area contributed by atoms with Gasteiger partial charge in [0.2, 0.25) is 0 Å². The first-order valence-corrected chi connectivity index (χ1v) is 4.11. The van der Waals surface area contributed by atoms with Gasteiger partial charge in [0.05, 0.1) is 0 Å². The fraction of sp³-hybridized carbons (Fsp3) is 0.0909. The van der Waals surface area contributed by atoms with Crippen LogP contribution in [-0.2, 0) is 0 Å². The largest absolute Gasteiger partial charge is 0.270 e. The van der Waals surface area contributed by atoms with Crippen molar-refractivity contribution in [1.82, 2.24) is 0 Å². The predicted octanol–water partition coefficient (Wildman–Crippen LogP) is 4.71. The van der Waals surface area contributed by atoms with Crippen LogP contribution in [0.25, 0.3) is 6.08 Å². The van der Waals surface area contributed by atoms with E-state index in [4.69, 9.17) is 0 Å². The molecule has 1 rings (SSSR count). The Bertz CT molecular complexity index is 320. The topological polar surface area (TPSA) is 0 Å². The van der Waals surface area contributed by atoms with E-state index in [0.717, 1.165) is 12.2 Å². The second kappa shape index (κ2) is 7.79. The van der Waals surface area contributed by atoms with Crippen LogP contribution in [-0.4, -0.2) is 0 Å². The molecule has 0 heterocycles. The minimum atomic E-state index is -1.66. The molecule has 82 valence electrons. The van der Waals surface area contributed by atoms with Crippen LogP contribution in [0.2, 0.25) is 0 Å². The molecule has 0 N–H and O–H groups in total. The lowest BCUT2D eigenvalue weighted by molar-refractivity contribution is 0.420. The Balaban J connectivity index is 0.000000336. The third-order valence-corrected chi connectivity index (χ3v) is 1.29. The van der Waals surface area contributed by atoms with Gasteiger partial charge in [0, 0.05) is 6.08 Å². The van der Waals surface area contributed by atoms with Crippen LogP contribution in [0.3, 0.4) is 0 Å². The molecule has 0 bridgehead atoms. The Kier molecular flexibility index (Phi) is 6.97. The molecule has 0 aliphatic heterocycles. The van der Waals surface area contributed by atoms with Gasteiger partial charge in [0.1, 0.15) is 0 Å². The molecule has 0 saturated carbocycles. The van der Waals surface area contributed by atoms with Gasteiger partial charge in [-0.05, 0) is 18.6 Å². The average Bonchev–Trinajstić information content (AvgIpc) is 2.19. The molecule has 0 atom stereocenters. The highest BCUT2D eigenvalue weighted by Crippen LogP contribution is 2.07. The molecule has 0 radical (unpaired) electrons. The third kappa shape index (κ3) is 8.74. The van der Waals surface area contributed by atoms with Gasteiger partial charge in [0.25, 0.3) is 12.2 Å². The summed E-state index contributed by atoms with van der Waals surface area (Å²) in [5.74, 6) is 0. The van der Waals surface area contributed by atoms with Crippen LogP contribution in [0.5, 0.6) is 0 Å². The quantitative estimate of drug-likeness (QED) is 0.599. The maximum atomic E-state index is 11.6. The van der Waals surface area contributed by atoms with E-state index in [1.165, 1.54) is 6.92 Å². The van der Waals surface area contributed by atoms with Crippen LogP contribution >= 0.6 is 0 Å².